The summed E-state index contributed by atoms with van der Waals surface area (Å²) in [5.41, 5.74) is 10.3. The Morgan fingerprint density at radius 3 is 2.54 bits per heavy atom. The van der Waals surface area contributed by atoms with Crippen LogP contribution in [-0.4, -0.2) is 9.78 Å². The molecule has 1 aliphatic heterocycles. The molecule has 6 heteroatoms. The summed E-state index contributed by atoms with van der Waals surface area (Å²) in [6, 6.07) is 20.0. The maximum Gasteiger partial charge on any atom is 0.229 e. The molecule has 4 rings (SSSR count). The summed E-state index contributed by atoms with van der Waals surface area (Å²) in [5.74, 6) is 0.406. The summed E-state index contributed by atoms with van der Waals surface area (Å²) in [4.78, 5) is 0. The van der Waals surface area contributed by atoms with E-state index >= 15 is 0 Å². The van der Waals surface area contributed by atoms with Crippen LogP contribution in [0, 0.1) is 11.3 Å². The second kappa shape index (κ2) is 7.53. The molecule has 0 fully saturated rings. The van der Waals surface area contributed by atoms with E-state index in [-0.39, 0.29) is 11.8 Å². The average molecular weight is 435 g/mol. The third-order valence-electron chi connectivity index (χ3n) is 4.82. The largest absolute Gasteiger partial charge is 0.422 e. The number of nitrogens with zero attached hydrogens (tertiary/aromatic N) is 3. The van der Waals surface area contributed by atoms with E-state index in [1.54, 1.807) is 4.68 Å². The second-order valence-electron chi connectivity index (χ2n) is 6.64. The lowest BCUT2D eigenvalue weighted by Gasteiger charge is -2.25. The molecule has 5 nitrogen and oxygen atoms in total. The second-order valence-corrected chi connectivity index (χ2v) is 7.55. The lowest BCUT2D eigenvalue weighted by atomic mass is 9.83. The minimum Gasteiger partial charge on any atom is -0.422 e. The van der Waals surface area contributed by atoms with Crippen molar-refractivity contribution in [3.8, 4) is 17.6 Å². The number of halogens is 1. The zero-order valence-corrected chi connectivity index (χ0v) is 17.0. The van der Waals surface area contributed by atoms with Gasteiger partial charge in [0.15, 0.2) is 0 Å². The molecule has 2 N–H and O–H groups in total. The molecule has 2 aromatic carbocycles. The summed E-state index contributed by atoms with van der Waals surface area (Å²) in [6.07, 6.45) is 1.73. The number of hydrogen-bond acceptors (Lipinski definition) is 4. The van der Waals surface area contributed by atoms with Crippen molar-refractivity contribution < 1.29 is 4.74 Å². The molecule has 0 bridgehead atoms. The van der Waals surface area contributed by atoms with Gasteiger partial charge in [-0.15, -0.1) is 0 Å². The van der Waals surface area contributed by atoms with Crippen LogP contribution in [0.4, 0.5) is 0 Å². The molecule has 1 aliphatic rings. The number of fused-ring (bicyclic) bond motifs is 1. The highest BCUT2D eigenvalue weighted by atomic mass is 79.9. The van der Waals surface area contributed by atoms with Crippen LogP contribution in [-0.2, 0) is 6.42 Å². The van der Waals surface area contributed by atoms with Gasteiger partial charge in [0.05, 0.1) is 22.9 Å². The van der Waals surface area contributed by atoms with Crippen molar-refractivity contribution in [3.05, 3.63) is 87.3 Å². The van der Waals surface area contributed by atoms with Crippen molar-refractivity contribution in [2.24, 2.45) is 5.73 Å². The van der Waals surface area contributed by atoms with E-state index < -0.39 is 0 Å². The van der Waals surface area contributed by atoms with Gasteiger partial charge in [-0.05, 0) is 36.2 Å². The Kier molecular flexibility index (Phi) is 4.93. The number of para-hydroxylation sites is 1. The van der Waals surface area contributed by atoms with Gasteiger partial charge in [-0.1, -0.05) is 59.6 Å². The number of benzene rings is 2. The molecule has 0 amide bonds. The summed E-state index contributed by atoms with van der Waals surface area (Å²) >= 11 is 3.48. The first-order chi connectivity index (χ1) is 13.6. The molecule has 0 saturated carbocycles. The van der Waals surface area contributed by atoms with Crippen molar-refractivity contribution in [1.82, 2.24) is 9.78 Å². The van der Waals surface area contributed by atoms with Gasteiger partial charge in [0, 0.05) is 4.47 Å². The minimum atomic E-state index is -0.305. The molecule has 28 heavy (non-hydrogen) atoms. The van der Waals surface area contributed by atoms with Crippen LogP contribution < -0.4 is 10.5 Å². The van der Waals surface area contributed by atoms with Crippen molar-refractivity contribution >= 4 is 15.9 Å². The van der Waals surface area contributed by atoms with Crippen molar-refractivity contribution in [3.63, 3.8) is 0 Å². The van der Waals surface area contributed by atoms with Gasteiger partial charge < -0.3 is 10.5 Å². The standard InChI is InChI=1S/C22H19BrN4O/c1-2-6-18-20-19(14-9-11-15(23)12-10-14)17(13-24)21(25)28-22(20)27(26-18)16-7-4-3-5-8-16/h3-5,7-12,19H,2,6,25H2,1H3. The van der Waals surface area contributed by atoms with Crippen LogP contribution in [0.15, 0.2) is 70.5 Å². The lowest BCUT2D eigenvalue weighted by molar-refractivity contribution is 0.367. The molecule has 0 aliphatic carbocycles. The van der Waals surface area contributed by atoms with Gasteiger partial charge in [-0.25, -0.2) is 4.68 Å². The summed E-state index contributed by atoms with van der Waals surface area (Å²) < 4.78 is 8.71. The van der Waals surface area contributed by atoms with Gasteiger partial charge in [0.2, 0.25) is 11.8 Å². The average Bonchev–Trinajstić information content (AvgIpc) is 3.06. The minimum absolute atomic E-state index is 0.128. The zero-order valence-electron chi connectivity index (χ0n) is 15.4. The topological polar surface area (TPSA) is 76.9 Å². The smallest absolute Gasteiger partial charge is 0.229 e. The Hall–Kier alpha value is -3.04. The van der Waals surface area contributed by atoms with Crippen LogP contribution in [0.2, 0.25) is 0 Å². The van der Waals surface area contributed by atoms with Crippen LogP contribution in [0.5, 0.6) is 5.88 Å². The normalized spacial score (nSPS) is 15.7. The third kappa shape index (κ3) is 3.08. The van der Waals surface area contributed by atoms with E-state index in [2.05, 4.69) is 28.9 Å². The molecule has 2 heterocycles. The first-order valence-electron chi connectivity index (χ1n) is 9.14. The maximum atomic E-state index is 9.81. The number of rotatable bonds is 4. The number of aryl methyl sites for hydroxylation is 1. The van der Waals surface area contributed by atoms with E-state index in [0.717, 1.165) is 39.8 Å². The Labute approximate surface area is 172 Å². The van der Waals surface area contributed by atoms with Gasteiger partial charge in [-0.3, -0.25) is 0 Å². The number of nitriles is 1. The Morgan fingerprint density at radius 2 is 1.89 bits per heavy atom. The van der Waals surface area contributed by atoms with E-state index in [4.69, 9.17) is 15.6 Å². The molecule has 140 valence electrons. The number of allylic oxidation sites excluding steroid dienone is 1. The predicted molar refractivity (Wildman–Crippen MR) is 111 cm³/mol. The quantitative estimate of drug-likeness (QED) is 0.639. The van der Waals surface area contributed by atoms with Crippen LogP contribution in [0.3, 0.4) is 0 Å². The zero-order chi connectivity index (χ0) is 19.7. The maximum absolute atomic E-state index is 9.81. The van der Waals surface area contributed by atoms with E-state index in [0.29, 0.717) is 11.5 Å². The fourth-order valence-electron chi connectivity index (χ4n) is 3.57. The Bertz CT molecular complexity index is 1080. The molecule has 1 unspecified atom stereocenters. The highest BCUT2D eigenvalue weighted by Gasteiger charge is 2.36. The number of hydrogen-bond donors (Lipinski definition) is 1. The van der Waals surface area contributed by atoms with Gasteiger partial charge >= 0.3 is 0 Å². The van der Waals surface area contributed by atoms with E-state index in [1.165, 1.54) is 0 Å². The summed E-state index contributed by atoms with van der Waals surface area (Å²) in [5, 5.41) is 14.7. The first kappa shape index (κ1) is 18.3. The first-order valence-corrected chi connectivity index (χ1v) is 9.93. The van der Waals surface area contributed by atoms with Crippen molar-refractivity contribution in [2.75, 3.05) is 0 Å². The van der Waals surface area contributed by atoms with Crippen molar-refractivity contribution in [2.45, 2.75) is 25.7 Å². The molecule has 3 aromatic rings. The Balaban J connectivity index is 1.97. The fraction of sp³-hybridized carbons (Fsp3) is 0.182. The predicted octanol–water partition coefficient (Wildman–Crippen LogP) is 4.81. The Morgan fingerprint density at radius 1 is 1.18 bits per heavy atom. The molecule has 0 saturated heterocycles. The van der Waals surface area contributed by atoms with E-state index in [9.17, 15) is 5.26 Å². The SMILES string of the molecule is CCCc1nn(-c2ccccc2)c2c1C(c1ccc(Br)cc1)C(C#N)=C(N)O2. The monoisotopic (exact) mass is 434 g/mol. The fourth-order valence-corrected chi connectivity index (χ4v) is 3.83. The van der Waals surface area contributed by atoms with E-state index in [1.807, 2.05) is 54.6 Å². The number of ether oxygens (including phenoxy) is 1. The molecule has 0 radical (unpaired) electrons. The summed E-state index contributed by atoms with van der Waals surface area (Å²) in [7, 11) is 0. The third-order valence-corrected chi connectivity index (χ3v) is 5.34. The molecular formula is C22H19BrN4O. The highest BCUT2D eigenvalue weighted by molar-refractivity contribution is 9.10. The number of aromatic nitrogens is 2. The van der Waals surface area contributed by atoms with Crippen LogP contribution in [0.1, 0.15) is 36.1 Å². The van der Waals surface area contributed by atoms with Crippen LogP contribution in [0.25, 0.3) is 5.69 Å². The van der Waals surface area contributed by atoms with Crippen LogP contribution >= 0.6 is 15.9 Å². The highest BCUT2D eigenvalue weighted by Crippen LogP contribution is 2.45. The lowest BCUT2D eigenvalue weighted by Crippen LogP contribution is -2.22. The summed E-state index contributed by atoms with van der Waals surface area (Å²) in [6.45, 7) is 2.11. The molecular weight excluding hydrogens is 416 g/mol. The number of nitrogens with two attached hydrogens (primary N) is 1. The molecule has 1 aromatic heterocycles. The van der Waals surface area contributed by atoms with Crippen molar-refractivity contribution in [1.29, 1.82) is 5.26 Å². The van der Waals surface area contributed by atoms with Gasteiger partial charge in [-0.2, -0.15) is 10.4 Å². The van der Waals surface area contributed by atoms with Gasteiger partial charge in [0.1, 0.15) is 11.6 Å². The molecule has 0 spiro atoms. The molecule has 1 atom stereocenters. The van der Waals surface area contributed by atoms with Gasteiger partial charge in [0.25, 0.3) is 0 Å².